The fraction of sp³-hybridized carbons (Fsp3) is 0.667. The van der Waals surface area contributed by atoms with Crippen molar-refractivity contribution >= 4 is 0 Å². The van der Waals surface area contributed by atoms with E-state index in [-0.39, 0.29) is 0 Å². The summed E-state index contributed by atoms with van der Waals surface area (Å²) < 4.78 is 0. The molecule has 3 unspecified atom stereocenters. The van der Waals surface area contributed by atoms with Crippen LogP contribution < -0.4 is 5.32 Å². The topological polar surface area (TPSA) is 24.9 Å². The molecule has 1 aromatic rings. The molecule has 0 radical (unpaired) electrons. The van der Waals surface area contributed by atoms with Crippen LogP contribution in [0.1, 0.15) is 50.3 Å². The standard InChI is InChI=1S/C15H24N2/c1-4-17-15(14-7-5-6-12(14)3)13-8-11(2)9-16-10-13/h8-10,12,14-15,17H,4-7H2,1-3H3. The van der Waals surface area contributed by atoms with Crippen LogP contribution in [-0.4, -0.2) is 11.5 Å². The molecule has 0 saturated heterocycles. The fourth-order valence-corrected chi connectivity index (χ4v) is 3.15. The first-order valence-corrected chi connectivity index (χ1v) is 6.87. The molecule has 1 aliphatic rings. The van der Waals surface area contributed by atoms with Crippen LogP contribution >= 0.6 is 0 Å². The van der Waals surface area contributed by atoms with E-state index in [0.717, 1.165) is 18.4 Å². The molecule has 3 atom stereocenters. The Kier molecular flexibility index (Phi) is 4.16. The molecule has 0 bridgehead atoms. The lowest BCUT2D eigenvalue weighted by Gasteiger charge is -2.28. The van der Waals surface area contributed by atoms with Gasteiger partial charge in [-0.25, -0.2) is 0 Å². The number of hydrogen-bond acceptors (Lipinski definition) is 2. The fourth-order valence-electron chi connectivity index (χ4n) is 3.15. The normalized spacial score (nSPS) is 26.1. The van der Waals surface area contributed by atoms with E-state index in [4.69, 9.17) is 0 Å². The highest BCUT2D eigenvalue weighted by atomic mass is 14.9. The van der Waals surface area contributed by atoms with Crippen LogP contribution in [0.5, 0.6) is 0 Å². The third-order valence-electron chi connectivity index (χ3n) is 4.04. The van der Waals surface area contributed by atoms with E-state index in [9.17, 15) is 0 Å². The molecule has 1 heterocycles. The minimum atomic E-state index is 0.491. The average Bonchev–Trinajstić information content (AvgIpc) is 2.72. The van der Waals surface area contributed by atoms with Gasteiger partial charge in [0.25, 0.3) is 0 Å². The van der Waals surface area contributed by atoms with Gasteiger partial charge in [-0.2, -0.15) is 0 Å². The zero-order valence-electron chi connectivity index (χ0n) is 11.2. The van der Waals surface area contributed by atoms with Crippen molar-refractivity contribution in [3.8, 4) is 0 Å². The predicted octanol–water partition coefficient (Wildman–Crippen LogP) is 3.48. The molecule has 94 valence electrons. The number of nitrogens with zero attached hydrogens (tertiary/aromatic N) is 1. The van der Waals surface area contributed by atoms with Gasteiger partial charge in [-0.1, -0.05) is 32.8 Å². The van der Waals surface area contributed by atoms with Gasteiger partial charge >= 0.3 is 0 Å². The minimum Gasteiger partial charge on any atom is -0.310 e. The molecular formula is C15H24N2. The number of rotatable bonds is 4. The average molecular weight is 232 g/mol. The maximum Gasteiger partial charge on any atom is 0.0366 e. The van der Waals surface area contributed by atoms with Gasteiger partial charge in [-0.05, 0) is 42.9 Å². The van der Waals surface area contributed by atoms with Crippen molar-refractivity contribution in [3.05, 3.63) is 29.6 Å². The molecule has 2 rings (SSSR count). The minimum absolute atomic E-state index is 0.491. The number of pyridine rings is 1. The third kappa shape index (κ3) is 2.86. The molecule has 17 heavy (non-hydrogen) atoms. The Morgan fingerprint density at radius 3 is 2.82 bits per heavy atom. The van der Waals surface area contributed by atoms with Crippen molar-refractivity contribution in [1.29, 1.82) is 0 Å². The third-order valence-corrected chi connectivity index (χ3v) is 4.04. The first kappa shape index (κ1) is 12.6. The van der Waals surface area contributed by atoms with E-state index in [1.54, 1.807) is 0 Å². The summed E-state index contributed by atoms with van der Waals surface area (Å²) in [7, 11) is 0. The smallest absolute Gasteiger partial charge is 0.0366 e. The Hall–Kier alpha value is -0.890. The summed E-state index contributed by atoms with van der Waals surface area (Å²) in [6.07, 6.45) is 8.08. The molecule has 0 aromatic carbocycles. The Labute approximate surface area is 105 Å². The molecule has 0 spiro atoms. The highest BCUT2D eigenvalue weighted by Crippen LogP contribution is 2.39. The zero-order chi connectivity index (χ0) is 12.3. The summed E-state index contributed by atoms with van der Waals surface area (Å²) >= 11 is 0. The van der Waals surface area contributed by atoms with Crippen LogP contribution in [0.3, 0.4) is 0 Å². The highest BCUT2D eigenvalue weighted by molar-refractivity contribution is 5.21. The quantitative estimate of drug-likeness (QED) is 0.859. The first-order chi connectivity index (χ1) is 8.22. The second kappa shape index (κ2) is 5.63. The molecule has 1 saturated carbocycles. The number of nitrogens with one attached hydrogen (secondary N) is 1. The molecule has 1 aromatic heterocycles. The van der Waals surface area contributed by atoms with Crippen LogP contribution in [-0.2, 0) is 0 Å². The van der Waals surface area contributed by atoms with E-state index in [1.807, 2.05) is 12.4 Å². The summed E-state index contributed by atoms with van der Waals surface area (Å²) in [6, 6.07) is 2.77. The Balaban J connectivity index is 2.22. The number of hydrogen-bond donors (Lipinski definition) is 1. The van der Waals surface area contributed by atoms with Crippen molar-refractivity contribution < 1.29 is 0 Å². The predicted molar refractivity (Wildman–Crippen MR) is 71.9 cm³/mol. The zero-order valence-corrected chi connectivity index (χ0v) is 11.2. The lowest BCUT2D eigenvalue weighted by atomic mass is 9.86. The molecule has 0 amide bonds. The van der Waals surface area contributed by atoms with Gasteiger partial charge in [0.2, 0.25) is 0 Å². The van der Waals surface area contributed by atoms with Crippen LogP contribution in [0.4, 0.5) is 0 Å². The maximum absolute atomic E-state index is 4.34. The van der Waals surface area contributed by atoms with Crippen molar-refractivity contribution in [3.63, 3.8) is 0 Å². The molecule has 1 fully saturated rings. The second-order valence-electron chi connectivity index (χ2n) is 5.40. The van der Waals surface area contributed by atoms with E-state index < -0.39 is 0 Å². The Morgan fingerprint density at radius 2 is 2.24 bits per heavy atom. The lowest BCUT2D eigenvalue weighted by molar-refractivity contribution is 0.305. The summed E-state index contributed by atoms with van der Waals surface area (Å²) in [5.41, 5.74) is 2.63. The van der Waals surface area contributed by atoms with Gasteiger partial charge in [-0.15, -0.1) is 0 Å². The first-order valence-electron chi connectivity index (χ1n) is 6.87. The van der Waals surface area contributed by atoms with E-state index >= 15 is 0 Å². The summed E-state index contributed by atoms with van der Waals surface area (Å²) in [4.78, 5) is 4.34. The van der Waals surface area contributed by atoms with Crippen LogP contribution in [0.2, 0.25) is 0 Å². The lowest BCUT2D eigenvalue weighted by Crippen LogP contribution is -2.29. The van der Waals surface area contributed by atoms with E-state index in [0.29, 0.717) is 6.04 Å². The molecule has 1 N–H and O–H groups in total. The SMILES string of the molecule is CCNC(c1cncc(C)c1)C1CCCC1C. The van der Waals surface area contributed by atoms with Crippen LogP contribution in [0.25, 0.3) is 0 Å². The summed E-state index contributed by atoms with van der Waals surface area (Å²) in [5, 5.41) is 3.66. The number of aromatic nitrogens is 1. The van der Waals surface area contributed by atoms with Crippen molar-refractivity contribution in [2.45, 2.75) is 46.1 Å². The molecular weight excluding hydrogens is 208 g/mol. The Bertz CT molecular complexity index is 362. The molecule has 1 aliphatic carbocycles. The van der Waals surface area contributed by atoms with Gasteiger partial charge in [-0.3, -0.25) is 4.98 Å². The summed E-state index contributed by atoms with van der Waals surface area (Å²) in [6.45, 7) is 7.74. The monoisotopic (exact) mass is 232 g/mol. The summed E-state index contributed by atoms with van der Waals surface area (Å²) in [5.74, 6) is 1.61. The van der Waals surface area contributed by atoms with Crippen LogP contribution in [0.15, 0.2) is 18.5 Å². The van der Waals surface area contributed by atoms with Crippen molar-refractivity contribution in [2.75, 3.05) is 6.54 Å². The largest absolute Gasteiger partial charge is 0.310 e. The Morgan fingerprint density at radius 1 is 1.41 bits per heavy atom. The highest BCUT2D eigenvalue weighted by Gasteiger charge is 2.31. The van der Waals surface area contributed by atoms with Gasteiger partial charge in [0.1, 0.15) is 0 Å². The molecule has 2 nitrogen and oxygen atoms in total. The molecule has 0 aliphatic heterocycles. The van der Waals surface area contributed by atoms with Crippen LogP contribution in [0, 0.1) is 18.8 Å². The van der Waals surface area contributed by atoms with Gasteiger partial charge in [0.05, 0.1) is 0 Å². The molecule has 2 heteroatoms. The number of aryl methyl sites for hydroxylation is 1. The van der Waals surface area contributed by atoms with E-state index in [1.165, 1.54) is 30.4 Å². The van der Waals surface area contributed by atoms with Gasteiger partial charge in [0, 0.05) is 18.4 Å². The van der Waals surface area contributed by atoms with E-state index in [2.05, 4.69) is 37.1 Å². The van der Waals surface area contributed by atoms with Gasteiger partial charge in [0.15, 0.2) is 0 Å². The maximum atomic E-state index is 4.34. The van der Waals surface area contributed by atoms with Crippen molar-refractivity contribution in [2.24, 2.45) is 11.8 Å². The van der Waals surface area contributed by atoms with Gasteiger partial charge < -0.3 is 5.32 Å². The second-order valence-corrected chi connectivity index (χ2v) is 5.40. The van der Waals surface area contributed by atoms with Crippen molar-refractivity contribution in [1.82, 2.24) is 10.3 Å².